The summed E-state index contributed by atoms with van der Waals surface area (Å²) in [5.41, 5.74) is 2.13. The zero-order chi connectivity index (χ0) is 17.3. The van der Waals surface area contributed by atoms with Gasteiger partial charge in [0.1, 0.15) is 0 Å². The molecule has 1 amide bonds. The Kier molecular flexibility index (Phi) is 5.13. The molecule has 1 aromatic heterocycles. The van der Waals surface area contributed by atoms with Crippen LogP contribution in [0, 0.1) is 6.92 Å². The van der Waals surface area contributed by atoms with E-state index in [2.05, 4.69) is 15.3 Å². The Morgan fingerprint density at radius 1 is 1.29 bits per heavy atom. The van der Waals surface area contributed by atoms with Crippen LogP contribution in [0.3, 0.4) is 0 Å². The fourth-order valence-electron chi connectivity index (χ4n) is 4.38. The van der Waals surface area contributed by atoms with E-state index in [9.17, 15) is 4.79 Å². The van der Waals surface area contributed by atoms with Crippen LogP contribution in [0.1, 0.15) is 62.7 Å². The van der Waals surface area contributed by atoms with Gasteiger partial charge < -0.3 is 10.1 Å². The number of nitrogens with one attached hydrogen (secondary N) is 1. The molecule has 0 bridgehead atoms. The lowest BCUT2D eigenvalue weighted by Crippen LogP contribution is -2.47. The van der Waals surface area contributed by atoms with Crippen molar-refractivity contribution in [1.82, 2.24) is 20.0 Å². The summed E-state index contributed by atoms with van der Waals surface area (Å²) in [7, 11) is 3.60. The molecule has 1 aliphatic heterocycles. The highest BCUT2D eigenvalue weighted by Crippen LogP contribution is 2.39. The van der Waals surface area contributed by atoms with Gasteiger partial charge in [0.2, 0.25) is 11.8 Å². The molecule has 1 aliphatic carbocycles. The van der Waals surface area contributed by atoms with Gasteiger partial charge in [0.25, 0.3) is 0 Å². The van der Waals surface area contributed by atoms with Crippen LogP contribution in [-0.2, 0) is 11.8 Å². The summed E-state index contributed by atoms with van der Waals surface area (Å²) in [6.45, 7) is 5.00. The summed E-state index contributed by atoms with van der Waals surface area (Å²) in [5, 5.41) is 7.76. The maximum Gasteiger partial charge on any atom is 0.237 e. The van der Waals surface area contributed by atoms with E-state index in [0.29, 0.717) is 6.04 Å². The normalized spacial score (nSPS) is 23.6. The zero-order valence-corrected chi connectivity index (χ0v) is 15.3. The molecule has 134 valence electrons. The van der Waals surface area contributed by atoms with E-state index < -0.39 is 0 Å². The van der Waals surface area contributed by atoms with Crippen LogP contribution in [0.25, 0.3) is 0 Å². The standard InChI is InChI=1S/C18H30N4O2/c1-12-16(18(24-4)21(3)20-12)15-10-7-11-22(15)13(2)17(23)19-14-8-5-6-9-14/h13-15H,5-11H2,1-4H3,(H,19,23). The molecular formula is C18H30N4O2. The summed E-state index contributed by atoms with van der Waals surface area (Å²) >= 11 is 0. The minimum absolute atomic E-state index is 0.123. The summed E-state index contributed by atoms with van der Waals surface area (Å²) in [5.74, 6) is 0.974. The Bertz CT molecular complexity index is 592. The van der Waals surface area contributed by atoms with Crippen LogP contribution in [0.2, 0.25) is 0 Å². The summed E-state index contributed by atoms with van der Waals surface area (Å²) in [4.78, 5) is 15.0. The number of nitrogens with zero attached hydrogens (tertiary/aromatic N) is 3. The monoisotopic (exact) mass is 334 g/mol. The van der Waals surface area contributed by atoms with Gasteiger partial charge in [0.15, 0.2) is 0 Å². The molecule has 0 radical (unpaired) electrons. The first kappa shape index (κ1) is 17.3. The minimum atomic E-state index is -0.123. The molecule has 6 heteroatoms. The van der Waals surface area contributed by atoms with Gasteiger partial charge >= 0.3 is 0 Å². The molecule has 6 nitrogen and oxygen atoms in total. The van der Waals surface area contributed by atoms with Crippen LogP contribution >= 0.6 is 0 Å². The fraction of sp³-hybridized carbons (Fsp3) is 0.778. The van der Waals surface area contributed by atoms with Crippen LogP contribution < -0.4 is 10.1 Å². The lowest BCUT2D eigenvalue weighted by atomic mass is 10.0. The van der Waals surface area contributed by atoms with Crippen molar-refractivity contribution in [3.05, 3.63) is 11.3 Å². The Balaban J connectivity index is 1.76. The second kappa shape index (κ2) is 7.13. The van der Waals surface area contributed by atoms with Gasteiger partial charge in [-0.1, -0.05) is 12.8 Å². The van der Waals surface area contributed by atoms with Crippen molar-refractivity contribution in [1.29, 1.82) is 0 Å². The molecule has 2 aliphatic rings. The van der Waals surface area contributed by atoms with Crippen molar-refractivity contribution in [2.24, 2.45) is 7.05 Å². The summed E-state index contributed by atoms with van der Waals surface area (Å²) in [6.07, 6.45) is 6.86. The van der Waals surface area contributed by atoms with E-state index in [1.165, 1.54) is 12.8 Å². The van der Waals surface area contributed by atoms with Gasteiger partial charge in [0, 0.05) is 19.1 Å². The first-order valence-corrected chi connectivity index (χ1v) is 9.16. The van der Waals surface area contributed by atoms with Crippen LogP contribution in [0.4, 0.5) is 0 Å². The van der Waals surface area contributed by atoms with Crippen molar-refractivity contribution in [2.45, 2.75) is 70.5 Å². The highest BCUT2D eigenvalue weighted by molar-refractivity contribution is 5.81. The minimum Gasteiger partial charge on any atom is -0.481 e. The molecule has 1 N–H and O–H groups in total. The van der Waals surface area contributed by atoms with Gasteiger partial charge in [-0.2, -0.15) is 5.10 Å². The first-order valence-electron chi connectivity index (χ1n) is 9.16. The number of likely N-dealkylation sites (tertiary alicyclic amines) is 1. The van der Waals surface area contributed by atoms with E-state index in [1.807, 2.05) is 20.9 Å². The number of carbonyl (C=O) groups excluding carboxylic acids is 1. The zero-order valence-electron chi connectivity index (χ0n) is 15.3. The number of carbonyl (C=O) groups is 1. The maximum atomic E-state index is 12.7. The smallest absolute Gasteiger partial charge is 0.237 e. The SMILES string of the molecule is COc1c(C2CCCN2C(C)C(=O)NC2CCCC2)c(C)nn1C. The fourth-order valence-corrected chi connectivity index (χ4v) is 4.38. The van der Waals surface area contributed by atoms with Crippen molar-refractivity contribution in [3.8, 4) is 5.88 Å². The molecule has 2 unspecified atom stereocenters. The average Bonchev–Trinajstić information content (AvgIpc) is 3.26. The van der Waals surface area contributed by atoms with Gasteiger partial charge in [0.05, 0.1) is 24.4 Å². The van der Waals surface area contributed by atoms with Crippen LogP contribution in [0.15, 0.2) is 0 Å². The van der Waals surface area contributed by atoms with E-state index in [1.54, 1.807) is 11.8 Å². The van der Waals surface area contributed by atoms with E-state index >= 15 is 0 Å². The number of methoxy groups -OCH3 is 1. The van der Waals surface area contributed by atoms with Crippen LogP contribution in [-0.4, -0.2) is 46.3 Å². The molecule has 1 aromatic rings. The largest absolute Gasteiger partial charge is 0.481 e. The number of hydrogen-bond donors (Lipinski definition) is 1. The number of ether oxygens (including phenoxy) is 1. The molecule has 2 heterocycles. The van der Waals surface area contributed by atoms with Gasteiger partial charge in [-0.05, 0) is 46.1 Å². The van der Waals surface area contributed by atoms with Gasteiger partial charge in [-0.3, -0.25) is 9.69 Å². The Morgan fingerprint density at radius 2 is 2.00 bits per heavy atom. The molecule has 1 saturated heterocycles. The predicted molar refractivity (Wildman–Crippen MR) is 93.0 cm³/mol. The van der Waals surface area contributed by atoms with E-state index in [0.717, 1.165) is 49.4 Å². The maximum absolute atomic E-state index is 12.7. The van der Waals surface area contributed by atoms with Crippen molar-refractivity contribution >= 4 is 5.91 Å². The van der Waals surface area contributed by atoms with Gasteiger partial charge in [-0.15, -0.1) is 0 Å². The second-order valence-corrected chi connectivity index (χ2v) is 7.19. The Hall–Kier alpha value is -1.56. The third kappa shape index (κ3) is 3.16. The summed E-state index contributed by atoms with van der Waals surface area (Å²) < 4.78 is 7.37. The Morgan fingerprint density at radius 3 is 2.67 bits per heavy atom. The first-order chi connectivity index (χ1) is 11.5. The predicted octanol–water partition coefficient (Wildman–Crippen LogP) is 2.32. The topological polar surface area (TPSA) is 59.4 Å². The molecule has 1 saturated carbocycles. The third-order valence-electron chi connectivity index (χ3n) is 5.61. The van der Waals surface area contributed by atoms with Crippen molar-refractivity contribution in [2.75, 3.05) is 13.7 Å². The number of aromatic nitrogens is 2. The van der Waals surface area contributed by atoms with Crippen molar-refractivity contribution in [3.63, 3.8) is 0 Å². The quantitative estimate of drug-likeness (QED) is 0.898. The number of hydrogen-bond acceptors (Lipinski definition) is 4. The third-order valence-corrected chi connectivity index (χ3v) is 5.61. The van der Waals surface area contributed by atoms with Crippen molar-refractivity contribution < 1.29 is 9.53 Å². The molecule has 0 spiro atoms. The highest BCUT2D eigenvalue weighted by Gasteiger charge is 2.37. The number of amides is 1. The lowest BCUT2D eigenvalue weighted by molar-refractivity contribution is -0.127. The Labute approximate surface area is 144 Å². The second-order valence-electron chi connectivity index (χ2n) is 7.19. The molecule has 3 rings (SSSR count). The highest BCUT2D eigenvalue weighted by atomic mass is 16.5. The molecule has 2 fully saturated rings. The average molecular weight is 334 g/mol. The summed E-state index contributed by atoms with van der Waals surface area (Å²) in [6, 6.07) is 0.455. The lowest BCUT2D eigenvalue weighted by Gasteiger charge is -2.31. The number of aryl methyl sites for hydroxylation is 2. The number of rotatable bonds is 5. The van der Waals surface area contributed by atoms with E-state index in [-0.39, 0.29) is 18.0 Å². The molecular weight excluding hydrogens is 304 g/mol. The van der Waals surface area contributed by atoms with E-state index in [4.69, 9.17) is 4.74 Å². The molecule has 0 aromatic carbocycles. The van der Waals surface area contributed by atoms with Gasteiger partial charge in [-0.25, -0.2) is 4.68 Å². The van der Waals surface area contributed by atoms with Crippen LogP contribution in [0.5, 0.6) is 5.88 Å². The molecule has 24 heavy (non-hydrogen) atoms. The molecule has 2 atom stereocenters.